The van der Waals surface area contributed by atoms with Crippen LogP contribution in [0.3, 0.4) is 0 Å². The van der Waals surface area contributed by atoms with Gasteiger partial charge in [0.2, 0.25) is 5.91 Å². The van der Waals surface area contributed by atoms with E-state index in [1.54, 1.807) is 18.9 Å². The zero-order valence-corrected chi connectivity index (χ0v) is 14.3. The lowest BCUT2D eigenvalue weighted by atomic mass is 10.1. The van der Waals surface area contributed by atoms with E-state index >= 15 is 0 Å². The van der Waals surface area contributed by atoms with E-state index < -0.39 is 34.8 Å². The minimum atomic E-state index is -4.61. The van der Waals surface area contributed by atoms with Gasteiger partial charge in [0.15, 0.2) is 0 Å². The topological polar surface area (TPSA) is 61.8 Å². The number of benzene rings is 1. The second kappa shape index (κ2) is 8.66. The van der Waals surface area contributed by atoms with Crippen molar-refractivity contribution in [2.45, 2.75) is 25.2 Å². The highest BCUT2D eigenvalue weighted by atomic mass is 35.5. The number of methoxy groups -OCH3 is 1. The highest BCUT2D eigenvalue weighted by molar-refractivity contribution is 6.31. The van der Waals surface area contributed by atoms with Crippen molar-refractivity contribution in [1.82, 2.24) is 4.90 Å². The van der Waals surface area contributed by atoms with Gasteiger partial charge in [-0.15, -0.1) is 0 Å². The molecule has 0 saturated heterocycles. The van der Waals surface area contributed by atoms with Crippen molar-refractivity contribution in [2.24, 2.45) is 0 Å². The van der Waals surface area contributed by atoms with E-state index in [9.17, 15) is 23.1 Å². The van der Waals surface area contributed by atoms with Gasteiger partial charge in [0, 0.05) is 19.3 Å². The zero-order valence-electron chi connectivity index (χ0n) is 13.5. The van der Waals surface area contributed by atoms with Crippen LogP contribution in [-0.4, -0.2) is 55.4 Å². The Morgan fingerprint density at radius 2 is 2.08 bits per heavy atom. The maximum atomic E-state index is 12.8. The summed E-state index contributed by atoms with van der Waals surface area (Å²) in [7, 11) is 3.06. The first-order chi connectivity index (χ1) is 11.1. The lowest BCUT2D eigenvalue weighted by molar-refractivity contribution is -0.137. The second-order valence-corrected chi connectivity index (χ2v) is 5.81. The quantitative estimate of drug-likeness (QED) is 0.776. The lowest BCUT2D eigenvalue weighted by Gasteiger charge is -2.26. The molecule has 0 fully saturated rings. The SMILES string of the molecule is COC[C@@H](O)CN(C)[C@H](C)C(=O)Nc1ccc(Cl)c(C(F)(F)F)c1. The third-order valence-electron chi connectivity index (χ3n) is 3.44. The molecule has 2 atom stereocenters. The fourth-order valence-electron chi connectivity index (χ4n) is 2.00. The molecule has 0 aliphatic rings. The summed E-state index contributed by atoms with van der Waals surface area (Å²) in [4.78, 5) is 13.7. The molecule has 0 spiro atoms. The number of likely N-dealkylation sites (N-methyl/N-ethyl adjacent to an activating group) is 1. The first-order valence-electron chi connectivity index (χ1n) is 7.11. The summed E-state index contributed by atoms with van der Waals surface area (Å²) < 4.78 is 43.3. The van der Waals surface area contributed by atoms with Gasteiger partial charge in [-0.05, 0) is 32.2 Å². The maximum Gasteiger partial charge on any atom is 0.417 e. The molecule has 1 aromatic rings. The Balaban J connectivity index is 2.77. The average Bonchev–Trinajstić information content (AvgIpc) is 2.47. The molecule has 0 saturated carbocycles. The maximum absolute atomic E-state index is 12.8. The molecule has 1 amide bonds. The molecule has 0 radical (unpaired) electrons. The van der Waals surface area contributed by atoms with Gasteiger partial charge in [0.1, 0.15) is 0 Å². The number of amides is 1. The molecule has 0 aliphatic heterocycles. The molecule has 9 heteroatoms. The van der Waals surface area contributed by atoms with E-state index in [2.05, 4.69) is 5.32 Å². The molecule has 0 aromatic heterocycles. The van der Waals surface area contributed by atoms with Gasteiger partial charge in [-0.25, -0.2) is 0 Å². The summed E-state index contributed by atoms with van der Waals surface area (Å²) in [5, 5.41) is 11.6. The largest absolute Gasteiger partial charge is 0.417 e. The minimum absolute atomic E-state index is 0.00517. The molecule has 1 rings (SSSR count). The summed E-state index contributed by atoms with van der Waals surface area (Å²) in [5.41, 5.74) is -1.02. The highest BCUT2D eigenvalue weighted by Crippen LogP contribution is 2.36. The van der Waals surface area contributed by atoms with E-state index in [1.165, 1.54) is 13.2 Å². The van der Waals surface area contributed by atoms with Crippen molar-refractivity contribution in [2.75, 3.05) is 32.6 Å². The molecule has 2 N–H and O–H groups in total. The van der Waals surface area contributed by atoms with E-state index in [0.717, 1.165) is 12.1 Å². The predicted octanol–water partition coefficient (Wildman–Crippen LogP) is 2.62. The summed E-state index contributed by atoms with van der Waals surface area (Å²) in [6.07, 6.45) is -5.38. The van der Waals surface area contributed by atoms with Crippen molar-refractivity contribution >= 4 is 23.2 Å². The van der Waals surface area contributed by atoms with Crippen LogP contribution in [0.5, 0.6) is 0 Å². The smallest absolute Gasteiger partial charge is 0.389 e. The number of aliphatic hydroxyl groups excluding tert-OH is 1. The van der Waals surface area contributed by atoms with Gasteiger partial charge in [0.25, 0.3) is 0 Å². The number of rotatable bonds is 7. The number of anilines is 1. The van der Waals surface area contributed by atoms with Gasteiger partial charge in [-0.1, -0.05) is 11.6 Å². The van der Waals surface area contributed by atoms with Crippen molar-refractivity contribution in [1.29, 1.82) is 0 Å². The number of carbonyl (C=O) groups is 1. The summed E-state index contributed by atoms with van der Waals surface area (Å²) in [5.74, 6) is -0.502. The Kier molecular flexibility index (Phi) is 7.47. The monoisotopic (exact) mass is 368 g/mol. The third kappa shape index (κ3) is 5.94. The number of aliphatic hydroxyl groups is 1. The summed E-state index contributed by atoms with van der Waals surface area (Å²) >= 11 is 5.54. The van der Waals surface area contributed by atoms with Crippen LogP contribution >= 0.6 is 11.6 Å². The molecule has 0 bridgehead atoms. The van der Waals surface area contributed by atoms with Gasteiger partial charge < -0.3 is 15.2 Å². The van der Waals surface area contributed by atoms with Crippen molar-refractivity contribution in [3.05, 3.63) is 28.8 Å². The lowest BCUT2D eigenvalue weighted by Crippen LogP contribution is -2.44. The molecule has 5 nitrogen and oxygen atoms in total. The first-order valence-corrected chi connectivity index (χ1v) is 7.49. The van der Waals surface area contributed by atoms with Crippen LogP contribution in [0.1, 0.15) is 12.5 Å². The number of nitrogens with one attached hydrogen (secondary N) is 1. The summed E-state index contributed by atoms with van der Waals surface area (Å²) in [6, 6.07) is 2.49. The number of hydrogen-bond donors (Lipinski definition) is 2. The number of hydrogen-bond acceptors (Lipinski definition) is 4. The predicted molar refractivity (Wildman–Crippen MR) is 85.1 cm³/mol. The van der Waals surface area contributed by atoms with E-state index in [-0.39, 0.29) is 18.8 Å². The van der Waals surface area contributed by atoms with Gasteiger partial charge in [-0.2, -0.15) is 13.2 Å². The van der Waals surface area contributed by atoms with Crippen LogP contribution in [-0.2, 0) is 15.7 Å². The second-order valence-electron chi connectivity index (χ2n) is 5.41. The van der Waals surface area contributed by atoms with Crippen molar-refractivity contribution in [3.63, 3.8) is 0 Å². The van der Waals surface area contributed by atoms with Crippen LogP contribution in [0.4, 0.5) is 18.9 Å². The number of carbonyl (C=O) groups excluding carboxylic acids is 1. The van der Waals surface area contributed by atoms with Crippen LogP contribution in [0.2, 0.25) is 5.02 Å². The van der Waals surface area contributed by atoms with E-state index in [4.69, 9.17) is 16.3 Å². The summed E-state index contributed by atoms with van der Waals surface area (Å²) in [6.45, 7) is 1.87. The normalized spacial score (nSPS) is 14.5. The van der Waals surface area contributed by atoms with Gasteiger partial charge in [-0.3, -0.25) is 9.69 Å². The Hall–Kier alpha value is -1.35. The van der Waals surface area contributed by atoms with Crippen LogP contribution in [0.15, 0.2) is 18.2 Å². The van der Waals surface area contributed by atoms with E-state index in [0.29, 0.717) is 0 Å². The Morgan fingerprint density at radius 3 is 2.62 bits per heavy atom. The third-order valence-corrected chi connectivity index (χ3v) is 3.77. The number of nitrogens with zero attached hydrogens (tertiary/aromatic N) is 1. The van der Waals surface area contributed by atoms with Crippen LogP contribution in [0, 0.1) is 0 Å². The molecule has 136 valence electrons. The molecular weight excluding hydrogens is 349 g/mol. The number of halogens is 4. The van der Waals surface area contributed by atoms with Crippen molar-refractivity contribution < 1.29 is 27.8 Å². The highest BCUT2D eigenvalue weighted by Gasteiger charge is 2.33. The fraction of sp³-hybridized carbons (Fsp3) is 0.533. The molecule has 1 aromatic carbocycles. The Morgan fingerprint density at radius 1 is 1.46 bits per heavy atom. The molecule has 0 aliphatic carbocycles. The zero-order chi connectivity index (χ0) is 18.5. The van der Waals surface area contributed by atoms with Crippen LogP contribution < -0.4 is 5.32 Å². The Bertz CT molecular complexity index is 569. The number of ether oxygens (including phenoxy) is 1. The van der Waals surface area contributed by atoms with E-state index in [1.807, 2.05) is 0 Å². The number of alkyl halides is 3. The molecule has 0 heterocycles. The Labute approximate surface area is 143 Å². The fourth-order valence-corrected chi connectivity index (χ4v) is 2.23. The molecule has 0 unspecified atom stereocenters. The molecular formula is C15H20ClF3N2O3. The van der Waals surface area contributed by atoms with Gasteiger partial charge >= 0.3 is 6.18 Å². The standard InChI is InChI=1S/C15H20ClF3N2O3/c1-9(21(2)7-11(22)8-24-3)14(23)20-10-4-5-13(16)12(6-10)15(17,18)19/h4-6,9,11,22H,7-8H2,1-3H3,(H,20,23)/t9-,11+/m1/s1. The van der Waals surface area contributed by atoms with Crippen molar-refractivity contribution in [3.8, 4) is 0 Å². The first kappa shape index (κ1) is 20.7. The molecule has 24 heavy (non-hydrogen) atoms. The van der Waals surface area contributed by atoms with Gasteiger partial charge in [0.05, 0.1) is 29.3 Å². The minimum Gasteiger partial charge on any atom is -0.389 e. The average molecular weight is 369 g/mol. The van der Waals surface area contributed by atoms with Crippen LogP contribution in [0.25, 0.3) is 0 Å².